The minimum atomic E-state index is -0.912. The smallest absolute Gasteiger partial charge is 0.359 e. The van der Waals surface area contributed by atoms with E-state index in [1.54, 1.807) is 20.9 Å². The fourth-order valence-electron chi connectivity index (χ4n) is 1.78. The van der Waals surface area contributed by atoms with Crippen molar-refractivity contribution in [2.75, 3.05) is 39.8 Å². The molecular weight excluding hydrogens is 274 g/mol. The van der Waals surface area contributed by atoms with Crippen LogP contribution in [0, 0.1) is 0 Å². The van der Waals surface area contributed by atoms with Gasteiger partial charge in [0.05, 0.1) is 33.2 Å². The molecule has 0 heterocycles. The van der Waals surface area contributed by atoms with Crippen molar-refractivity contribution in [3.05, 3.63) is 12.2 Å². The maximum atomic E-state index is 11.4. The molecule has 3 N–H and O–H groups in total. The number of quaternary nitrogens is 1. The van der Waals surface area contributed by atoms with E-state index in [-0.39, 0.29) is 22.8 Å². The lowest BCUT2D eigenvalue weighted by atomic mass is 10.3. The van der Waals surface area contributed by atoms with Crippen LogP contribution in [0.15, 0.2) is 12.2 Å². The number of nitrogens with one attached hydrogen (secondary N) is 2. The topological polar surface area (TPSA) is 95.5 Å². The second-order valence-electron chi connectivity index (χ2n) is 5.36. The zero-order valence-electron chi connectivity index (χ0n) is 13.1. The van der Waals surface area contributed by atoms with E-state index >= 15 is 0 Å². The van der Waals surface area contributed by atoms with Gasteiger partial charge in [-0.3, -0.25) is 9.59 Å². The Hall–Kier alpha value is -1.89. The molecule has 7 heteroatoms. The Balaban J connectivity index is 4.40. The van der Waals surface area contributed by atoms with Crippen molar-refractivity contribution < 1.29 is 24.0 Å². The number of hydrogen-bond acceptors (Lipinski definition) is 3. The highest BCUT2D eigenvalue weighted by Crippen LogP contribution is 2.01. The van der Waals surface area contributed by atoms with Crippen LogP contribution in [0.25, 0.3) is 0 Å². The number of amides is 2. The zero-order valence-corrected chi connectivity index (χ0v) is 13.1. The van der Waals surface area contributed by atoms with Crippen molar-refractivity contribution in [2.45, 2.75) is 20.3 Å². The van der Waals surface area contributed by atoms with Gasteiger partial charge in [0, 0.05) is 12.0 Å². The zero-order chi connectivity index (χ0) is 16.5. The first-order valence-electron chi connectivity index (χ1n) is 6.96. The second-order valence-corrected chi connectivity index (χ2v) is 5.36. The van der Waals surface area contributed by atoms with Crippen molar-refractivity contribution in [2.24, 2.45) is 0 Å². The molecule has 21 heavy (non-hydrogen) atoms. The van der Waals surface area contributed by atoms with E-state index in [9.17, 15) is 14.4 Å². The van der Waals surface area contributed by atoms with Crippen LogP contribution in [-0.2, 0) is 14.4 Å². The molecule has 0 radical (unpaired) electrons. The van der Waals surface area contributed by atoms with Crippen LogP contribution < -0.4 is 10.6 Å². The fourth-order valence-corrected chi connectivity index (χ4v) is 1.78. The summed E-state index contributed by atoms with van der Waals surface area (Å²) in [4.78, 5) is 33.6. The van der Waals surface area contributed by atoms with Gasteiger partial charge in [-0.2, -0.15) is 0 Å². The van der Waals surface area contributed by atoms with Crippen LogP contribution in [0.4, 0.5) is 0 Å². The lowest BCUT2D eigenvalue weighted by molar-refractivity contribution is -0.900. The van der Waals surface area contributed by atoms with Crippen LogP contribution in [0.3, 0.4) is 0 Å². The normalized spacial score (nSPS) is 13.1. The monoisotopic (exact) mass is 300 g/mol. The standard InChI is InChI=1S/C14H25N3O4/c1-5-12(18)15-6-8-17(4,10-13(19)20)9-7-16-14(21)11(2)3/h2,5-10H2,1,3-4H3,(H2-,15,16,18,19,20,21)/p+1. The third kappa shape index (κ3) is 8.80. The molecule has 0 aliphatic rings. The van der Waals surface area contributed by atoms with E-state index in [1.807, 2.05) is 0 Å². The van der Waals surface area contributed by atoms with E-state index in [2.05, 4.69) is 17.2 Å². The molecule has 0 saturated heterocycles. The van der Waals surface area contributed by atoms with E-state index in [4.69, 9.17) is 5.11 Å². The number of carboxylic acid groups (broad SMARTS) is 1. The number of nitrogens with zero attached hydrogens (tertiary/aromatic N) is 1. The minimum absolute atomic E-state index is 0.0625. The van der Waals surface area contributed by atoms with Crippen LogP contribution in [0.5, 0.6) is 0 Å². The number of carbonyl (C=O) groups is 3. The summed E-state index contributed by atoms with van der Waals surface area (Å²) in [6, 6.07) is 0. The molecule has 7 nitrogen and oxygen atoms in total. The predicted molar refractivity (Wildman–Crippen MR) is 79.5 cm³/mol. The number of aliphatic carboxylic acids is 1. The largest absolute Gasteiger partial charge is 0.477 e. The number of rotatable bonds is 10. The first-order chi connectivity index (χ1) is 9.70. The second kappa shape index (κ2) is 9.12. The van der Waals surface area contributed by atoms with Crippen LogP contribution in [0.2, 0.25) is 0 Å². The summed E-state index contributed by atoms with van der Waals surface area (Å²) in [5, 5.41) is 14.4. The van der Waals surface area contributed by atoms with Gasteiger partial charge in [-0.15, -0.1) is 0 Å². The molecule has 1 unspecified atom stereocenters. The van der Waals surface area contributed by atoms with Gasteiger partial charge in [0.15, 0.2) is 6.54 Å². The fraction of sp³-hybridized carbons (Fsp3) is 0.643. The van der Waals surface area contributed by atoms with Crippen molar-refractivity contribution in [3.63, 3.8) is 0 Å². The highest BCUT2D eigenvalue weighted by molar-refractivity contribution is 5.92. The van der Waals surface area contributed by atoms with Gasteiger partial charge in [0.1, 0.15) is 0 Å². The Morgan fingerprint density at radius 3 is 2.10 bits per heavy atom. The molecule has 0 aromatic carbocycles. The highest BCUT2D eigenvalue weighted by atomic mass is 16.4. The van der Waals surface area contributed by atoms with Gasteiger partial charge in [-0.25, -0.2) is 4.79 Å². The van der Waals surface area contributed by atoms with Crippen LogP contribution in [0.1, 0.15) is 20.3 Å². The Morgan fingerprint density at radius 2 is 1.67 bits per heavy atom. The van der Waals surface area contributed by atoms with Crippen molar-refractivity contribution in [1.29, 1.82) is 0 Å². The molecule has 0 spiro atoms. The Bertz CT molecular complexity index is 409. The predicted octanol–water partition coefficient (Wildman–Crippen LogP) is -0.264. The van der Waals surface area contributed by atoms with E-state index in [1.165, 1.54) is 0 Å². The van der Waals surface area contributed by atoms with Crippen LogP contribution >= 0.6 is 0 Å². The quantitative estimate of drug-likeness (QED) is 0.382. The Morgan fingerprint density at radius 1 is 1.14 bits per heavy atom. The molecule has 0 rings (SSSR count). The number of carboxylic acids is 1. The first kappa shape index (κ1) is 19.1. The summed E-state index contributed by atoms with van der Waals surface area (Å²) in [6.45, 7) is 8.56. The van der Waals surface area contributed by atoms with E-state index in [0.29, 0.717) is 38.2 Å². The molecule has 0 fully saturated rings. The number of carbonyl (C=O) groups excluding carboxylic acids is 2. The molecule has 0 aromatic heterocycles. The highest BCUT2D eigenvalue weighted by Gasteiger charge is 2.25. The van der Waals surface area contributed by atoms with Gasteiger partial charge >= 0.3 is 5.97 Å². The molecule has 120 valence electrons. The lowest BCUT2D eigenvalue weighted by Gasteiger charge is -2.33. The molecule has 0 saturated carbocycles. The number of hydrogen-bond donors (Lipinski definition) is 3. The Labute approximate surface area is 125 Å². The minimum Gasteiger partial charge on any atom is -0.477 e. The van der Waals surface area contributed by atoms with Gasteiger partial charge in [-0.1, -0.05) is 13.5 Å². The third-order valence-corrected chi connectivity index (χ3v) is 3.14. The molecule has 0 aromatic rings. The van der Waals surface area contributed by atoms with Crippen molar-refractivity contribution >= 4 is 17.8 Å². The molecular formula is C14H26N3O4+. The van der Waals surface area contributed by atoms with Gasteiger partial charge in [0.25, 0.3) is 0 Å². The summed E-state index contributed by atoms with van der Waals surface area (Å²) in [5.41, 5.74) is 0.414. The average molecular weight is 300 g/mol. The average Bonchev–Trinajstić information content (AvgIpc) is 2.37. The molecule has 0 aliphatic heterocycles. The molecule has 1 atom stereocenters. The summed E-state index contributed by atoms with van der Waals surface area (Å²) >= 11 is 0. The molecule has 0 bridgehead atoms. The van der Waals surface area contributed by atoms with E-state index < -0.39 is 5.97 Å². The summed E-state index contributed by atoms with van der Waals surface area (Å²) in [7, 11) is 1.79. The Kier molecular flexibility index (Phi) is 8.30. The number of likely N-dealkylation sites (N-methyl/N-ethyl adjacent to an activating group) is 1. The van der Waals surface area contributed by atoms with Gasteiger partial charge < -0.3 is 20.2 Å². The van der Waals surface area contributed by atoms with Crippen molar-refractivity contribution in [3.8, 4) is 0 Å². The third-order valence-electron chi connectivity index (χ3n) is 3.14. The first-order valence-corrected chi connectivity index (χ1v) is 6.96. The summed E-state index contributed by atoms with van der Waals surface area (Å²) in [6.07, 6.45) is 0.400. The maximum absolute atomic E-state index is 11.4. The van der Waals surface area contributed by atoms with Crippen LogP contribution in [-0.4, -0.2) is 67.1 Å². The van der Waals surface area contributed by atoms with E-state index in [0.717, 1.165) is 0 Å². The molecule has 0 aliphatic carbocycles. The molecule has 2 amide bonds. The summed E-state index contributed by atoms with van der Waals surface area (Å²) < 4.78 is 0.232. The summed E-state index contributed by atoms with van der Waals surface area (Å²) in [5.74, 6) is -1.21. The maximum Gasteiger partial charge on any atom is 0.359 e. The SMILES string of the molecule is C=C(C)C(=O)NCC[N+](C)(CCNC(=O)CC)CC(=O)O. The van der Waals surface area contributed by atoms with Crippen molar-refractivity contribution in [1.82, 2.24) is 10.6 Å². The lowest BCUT2D eigenvalue weighted by Crippen LogP contribution is -2.54. The van der Waals surface area contributed by atoms with Gasteiger partial charge in [-0.05, 0) is 6.92 Å². The van der Waals surface area contributed by atoms with Gasteiger partial charge in [0.2, 0.25) is 11.8 Å².